The standard InChI is InChI=1S/C11H9N3S2/c1-6-9(16-11(12)13-6)10-14-7-4-2-3-5-8(7)15-10/h2-5H,1H3,(H2,12,13). The summed E-state index contributed by atoms with van der Waals surface area (Å²) in [6, 6.07) is 8.13. The molecule has 0 spiro atoms. The molecule has 2 aromatic heterocycles. The average molecular weight is 247 g/mol. The molecule has 1 aromatic carbocycles. The monoisotopic (exact) mass is 247 g/mol. The van der Waals surface area contributed by atoms with Gasteiger partial charge < -0.3 is 5.73 Å². The lowest BCUT2D eigenvalue weighted by atomic mass is 10.3. The van der Waals surface area contributed by atoms with E-state index in [1.807, 2.05) is 25.1 Å². The van der Waals surface area contributed by atoms with Crippen LogP contribution in [0.25, 0.3) is 20.1 Å². The first-order valence-electron chi connectivity index (χ1n) is 4.83. The number of nitrogens with zero attached hydrogens (tertiary/aromatic N) is 2. The SMILES string of the molecule is Cc1nc(N)sc1-c1nc2ccccc2s1. The minimum atomic E-state index is 0.603. The minimum Gasteiger partial charge on any atom is -0.375 e. The summed E-state index contributed by atoms with van der Waals surface area (Å²) in [5.74, 6) is 0. The second-order valence-electron chi connectivity index (χ2n) is 3.45. The third-order valence-corrected chi connectivity index (χ3v) is 4.48. The van der Waals surface area contributed by atoms with E-state index in [0.717, 1.165) is 21.1 Å². The van der Waals surface area contributed by atoms with Crippen LogP contribution in [-0.4, -0.2) is 9.97 Å². The van der Waals surface area contributed by atoms with Gasteiger partial charge in [-0.3, -0.25) is 0 Å². The van der Waals surface area contributed by atoms with E-state index in [9.17, 15) is 0 Å². The third kappa shape index (κ3) is 1.48. The first-order valence-corrected chi connectivity index (χ1v) is 6.46. The molecule has 2 N–H and O–H groups in total. The van der Waals surface area contributed by atoms with Gasteiger partial charge >= 0.3 is 0 Å². The molecule has 0 aliphatic heterocycles. The highest BCUT2D eigenvalue weighted by Crippen LogP contribution is 2.36. The lowest BCUT2D eigenvalue weighted by Gasteiger charge is -1.88. The third-order valence-electron chi connectivity index (χ3n) is 2.30. The van der Waals surface area contributed by atoms with Crippen LogP contribution in [0.1, 0.15) is 5.69 Å². The lowest BCUT2D eigenvalue weighted by molar-refractivity contribution is 1.27. The number of hydrogen-bond donors (Lipinski definition) is 1. The Bertz CT molecular complexity index is 621. The van der Waals surface area contributed by atoms with E-state index >= 15 is 0 Å². The van der Waals surface area contributed by atoms with Crippen molar-refractivity contribution in [1.29, 1.82) is 0 Å². The van der Waals surface area contributed by atoms with Gasteiger partial charge in [-0.05, 0) is 19.1 Å². The molecule has 80 valence electrons. The molecule has 0 atom stereocenters. The fraction of sp³-hybridized carbons (Fsp3) is 0.0909. The van der Waals surface area contributed by atoms with Crippen LogP contribution in [0, 0.1) is 6.92 Å². The number of rotatable bonds is 1. The number of hydrogen-bond acceptors (Lipinski definition) is 5. The van der Waals surface area contributed by atoms with E-state index in [0.29, 0.717) is 5.13 Å². The van der Waals surface area contributed by atoms with Crippen molar-refractivity contribution in [2.24, 2.45) is 0 Å². The Labute approximate surface area is 101 Å². The maximum absolute atomic E-state index is 5.70. The van der Waals surface area contributed by atoms with Crippen LogP contribution in [0.5, 0.6) is 0 Å². The molecular formula is C11H9N3S2. The normalized spacial score (nSPS) is 11.1. The number of fused-ring (bicyclic) bond motifs is 1. The van der Waals surface area contributed by atoms with Crippen molar-refractivity contribution in [2.75, 3.05) is 5.73 Å². The fourth-order valence-corrected chi connectivity index (χ4v) is 3.51. The van der Waals surface area contributed by atoms with Gasteiger partial charge in [-0.2, -0.15) is 0 Å². The van der Waals surface area contributed by atoms with Crippen LogP contribution in [0.4, 0.5) is 5.13 Å². The summed E-state index contributed by atoms with van der Waals surface area (Å²) in [6.45, 7) is 1.97. The van der Waals surface area contributed by atoms with Crippen molar-refractivity contribution in [1.82, 2.24) is 9.97 Å². The van der Waals surface area contributed by atoms with E-state index in [1.165, 1.54) is 16.0 Å². The van der Waals surface area contributed by atoms with Crippen LogP contribution in [0.15, 0.2) is 24.3 Å². The van der Waals surface area contributed by atoms with Gasteiger partial charge in [0.15, 0.2) is 5.13 Å². The van der Waals surface area contributed by atoms with Crippen molar-refractivity contribution < 1.29 is 0 Å². The van der Waals surface area contributed by atoms with Crippen LogP contribution in [0.2, 0.25) is 0 Å². The predicted octanol–water partition coefficient (Wildman–Crippen LogP) is 3.31. The number of thiazole rings is 2. The number of nitrogen functional groups attached to an aromatic ring is 1. The number of anilines is 1. The number of aryl methyl sites for hydroxylation is 1. The molecule has 0 saturated heterocycles. The fourth-order valence-electron chi connectivity index (χ4n) is 1.59. The maximum Gasteiger partial charge on any atom is 0.180 e. The van der Waals surface area contributed by atoms with Gasteiger partial charge in [0.2, 0.25) is 0 Å². The van der Waals surface area contributed by atoms with Crippen molar-refractivity contribution in [3.63, 3.8) is 0 Å². The largest absolute Gasteiger partial charge is 0.375 e. The van der Waals surface area contributed by atoms with Gasteiger partial charge in [-0.25, -0.2) is 9.97 Å². The zero-order chi connectivity index (χ0) is 11.1. The summed E-state index contributed by atoms with van der Waals surface area (Å²) in [6.07, 6.45) is 0. The van der Waals surface area contributed by atoms with Crippen molar-refractivity contribution in [3.8, 4) is 9.88 Å². The Hall–Kier alpha value is -1.46. The molecule has 0 bridgehead atoms. The lowest BCUT2D eigenvalue weighted by Crippen LogP contribution is -1.80. The maximum atomic E-state index is 5.70. The summed E-state index contributed by atoms with van der Waals surface area (Å²) in [5, 5.41) is 1.61. The van der Waals surface area contributed by atoms with Crippen LogP contribution in [0.3, 0.4) is 0 Å². The van der Waals surface area contributed by atoms with Crippen molar-refractivity contribution in [2.45, 2.75) is 6.92 Å². The van der Waals surface area contributed by atoms with Crippen LogP contribution >= 0.6 is 22.7 Å². The van der Waals surface area contributed by atoms with Gasteiger partial charge in [0, 0.05) is 0 Å². The first-order chi connectivity index (χ1) is 7.74. The molecular weight excluding hydrogens is 238 g/mol. The molecule has 0 unspecified atom stereocenters. The molecule has 3 rings (SSSR count). The molecule has 2 heterocycles. The highest BCUT2D eigenvalue weighted by atomic mass is 32.1. The topological polar surface area (TPSA) is 51.8 Å². The zero-order valence-corrected chi connectivity index (χ0v) is 10.2. The number of benzene rings is 1. The highest BCUT2D eigenvalue weighted by molar-refractivity contribution is 7.26. The smallest absolute Gasteiger partial charge is 0.180 e. The summed E-state index contributed by atoms with van der Waals surface area (Å²) >= 11 is 3.18. The Morgan fingerprint density at radius 1 is 1.12 bits per heavy atom. The molecule has 3 nitrogen and oxygen atoms in total. The molecule has 0 aliphatic carbocycles. The van der Waals surface area contributed by atoms with E-state index in [2.05, 4.69) is 16.0 Å². The Balaban J connectivity index is 2.22. The van der Waals surface area contributed by atoms with Crippen molar-refractivity contribution >= 4 is 38.0 Å². The van der Waals surface area contributed by atoms with E-state index in [1.54, 1.807) is 11.3 Å². The van der Waals surface area contributed by atoms with Crippen LogP contribution < -0.4 is 5.73 Å². The van der Waals surface area contributed by atoms with Gasteiger partial charge in [0.1, 0.15) is 5.01 Å². The Kier molecular flexibility index (Phi) is 2.15. The molecule has 0 saturated carbocycles. The van der Waals surface area contributed by atoms with Gasteiger partial charge in [0.05, 0.1) is 20.8 Å². The molecule has 0 fully saturated rings. The predicted molar refractivity (Wildman–Crippen MR) is 69.9 cm³/mol. The highest BCUT2D eigenvalue weighted by Gasteiger charge is 2.12. The van der Waals surface area contributed by atoms with Gasteiger partial charge in [-0.15, -0.1) is 11.3 Å². The molecule has 0 amide bonds. The molecule has 0 radical (unpaired) electrons. The van der Waals surface area contributed by atoms with E-state index < -0.39 is 0 Å². The van der Waals surface area contributed by atoms with Gasteiger partial charge in [0.25, 0.3) is 0 Å². The molecule has 5 heteroatoms. The minimum absolute atomic E-state index is 0.603. The number of nitrogens with two attached hydrogens (primary N) is 1. The summed E-state index contributed by atoms with van der Waals surface area (Å²) in [7, 11) is 0. The molecule has 0 aliphatic rings. The van der Waals surface area contributed by atoms with E-state index in [4.69, 9.17) is 5.73 Å². The number of aromatic nitrogens is 2. The summed E-state index contributed by atoms with van der Waals surface area (Å²) in [5.41, 5.74) is 7.69. The first kappa shape index (κ1) is 9.74. The van der Waals surface area contributed by atoms with Gasteiger partial charge in [-0.1, -0.05) is 23.5 Å². The van der Waals surface area contributed by atoms with Crippen molar-refractivity contribution in [3.05, 3.63) is 30.0 Å². The van der Waals surface area contributed by atoms with E-state index in [-0.39, 0.29) is 0 Å². The van der Waals surface area contributed by atoms with Crippen LogP contribution in [-0.2, 0) is 0 Å². The second-order valence-corrected chi connectivity index (χ2v) is 5.51. The second kappa shape index (κ2) is 3.54. The zero-order valence-electron chi connectivity index (χ0n) is 8.60. The summed E-state index contributed by atoms with van der Waals surface area (Å²) < 4.78 is 1.20. The molecule has 16 heavy (non-hydrogen) atoms. The number of para-hydroxylation sites is 1. The molecule has 3 aromatic rings. The Morgan fingerprint density at radius 2 is 1.94 bits per heavy atom. The average Bonchev–Trinajstić information content (AvgIpc) is 2.81. The summed E-state index contributed by atoms with van der Waals surface area (Å²) in [4.78, 5) is 9.89. The Morgan fingerprint density at radius 3 is 2.62 bits per heavy atom. The quantitative estimate of drug-likeness (QED) is 0.717.